The van der Waals surface area contributed by atoms with Crippen LogP contribution in [0.15, 0.2) is 95.4 Å². The SMILES string of the molecule is COc1cccc(C=Nc2cccnc2)c1[O-].COc1cccc(C=Nc2cccnc2)c1[O-].[Cu+2]. The predicted molar refractivity (Wildman–Crippen MR) is 128 cm³/mol. The van der Waals surface area contributed by atoms with Crippen molar-refractivity contribution in [3.05, 3.63) is 96.6 Å². The first kappa shape index (κ1) is 27.0. The third kappa shape index (κ3) is 7.96. The monoisotopic (exact) mass is 517 g/mol. The zero-order valence-electron chi connectivity index (χ0n) is 19.0. The summed E-state index contributed by atoms with van der Waals surface area (Å²) in [5.74, 6) is 0.311. The van der Waals surface area contributed by atoms with Crippen molar-refractivity contribution in [1.82, 2.24) is 9.97 Å². The maximum Gasteiger partial charge on any atom is 2.00 e. The second kappa shape index (κ2) is 14.1. The maximum atomic E-state index is 11.8. The topological polar surface area (TPSA) is 115 Å². The fraction of sp³-hybridized carbons (Fsp3) is 0.0769. The first-order chi connectivity index (χ1) is 16.6. The van der Waals surface area contributed by atoms with Crippen LogP contribution in [0.25, 0.3) is 0 Å². The van der Waals surface area contributed by atoms with Crippen molar-refractivity contribution in [3.63, 3.8) is 0 Å². The summed E-state index contributed by atoms with van der Waals surface area (Å²) < 4.78 is 9.90. The third-order valence-corrected chi connectivity index (χ3v) is 4.46. The van der Waals surface area contributed by atoms with Gasteiger partial charge in [0.15, 0.2) is 0 Å². The minimum Gasteiger partial charge on any atom is -0.870 e. The molecule has 0 aliphatic rings. The Morgan fingerprint density at radius 2 is 1.09 bits per heavy atom. The van der Waals surface area contributed by atoms with Crippen LogP contribution in [0.2, 0.25) is 0 Å². The summed E-state index contributed by atoms with van der Waals surface area (Å²) in [6, 6.07) is 17.4. The second-order valence-corrected chi connectivity index (χ2v) is 6.70. The molecule has 2 heterocycles. The second-order valence-electron chi connectivity index (χ2n) is 6.70. The van der Waals surface area contributed by atoms with Gasteiger partial charge < -0.3 is 19.7 Å². The molecule has 1 radical (unpaired) electrons. The van der Waals surface area contributed by atoms with Gasteiger partial charge in [-0.05, 0) is 47.5 Å². The van der Waals surface area contributed by atoms with Gasteiger partial charge in [0.2, 0.25) is 0 Å². The Morgan fingerprint density at radius 1 is 0.657 bits per heavy atom. The summed E-state index contributed by atoms with van der Waals surface area (Å²) in [4.78, 5) is 16.2. The predicted octanol–water partition coefficient (Wildman–Crippen LogP) is 3.83. The zero-order valence-corrected chi connectivity index (χ0v) is 19.9. The largest absolute Gasteiger partial charge is 2.00 e. The van der Waals surface area contributed by atoms with Gasteiger partial charge in [-0.15, -0.1) is 0 Å². The molecule has 0 N–H and O–H groups in total. The Bertz CT molecular complexity index is 1150. The summed E-state index contributed by atoms with van der Waals surface area (Å²) in [6.07, 6.45) is 9.62. The Morgan fingerprint density at radius 3 is 1.43 bits per heavy atom. The van der Waals surface area contributed by atoms with E-state index >= 15 is 0 Å². The minimum absolute atomic E-state index is 0. The van der Waals surface area contributed by atoms with Gasteiger partial charge in [-0.2, -0.15) is 0 Å². The summed E-state index contributed by atoms with van der Waals surface area (Å²) in [6.45, 7) is 0. The molecule has 4 rings (SSSR count). The molecule has 9 heteroatoms. The van der Waals surface area contributed by atoms with Crippen LogP contribution >= 0.6 is 0 Å². The van der Waals surface area contributed by atoms with Gasteiger partial charge in [-0.1, -0.05) is 35.8 Å². The van der Waals surface area contributed by atoms with Crippen LogP contribution in [0.5, 0.6) is 23.0 Å². The molecule has 35 heavy (non-hydrogen) atoms. The number of nitrogens with zero attached hydrogens (tertiary/aromatic N) is 4. The summed E-state index contributed by atoms with van der Waals surface area (Å²) in [5.41, 5.74) is 2.39. The van der Waals surface area contributed by atoms with Crippen LogP contribution in [0.4, 0.5) is 11.4 Å². The summed E-state index contributed by atoms with van der Waals surface area (Å²) >= 11 is 0. The molecule has 0 atom stereocenters. The number of hydrogen-bond acceptors (Lipinski definition) is 8. The van der Waals surface area contributed by atoms with Gasteiger partial charge in [0, 0.05) is 24.8 Å². The fourth-order valence-corrected chi connectivity index (χ4v) is 2.74. The van der Waals surface area contributed by atoms with E-state index in [4.69, 9.17) is 9.47 Å². The van der Waals surface area contributed by atoms with E-state index in [0.717, 1.165) is 0 Å². The van der Waals surface area contributed by atoms with Crippen LogP contribution in [0.1, 0.15) is 11.1 Å². The van der Waals surface area contributed by atoms with Gasteiger partial charge in [-0.25, -0.2) is 0 Å². The number of rotatable bonds is 6. The van der Waals surface area contributed by atoms with E-state index in [9.17, 15) is 10.2 Å². The molecular weight excluding hydrogens is 496 g/mol. The van der Waals surface area contributed by atoms with Crippen molar-refractivity contribution in [2.75, 3.05) is 14.2 Å². The van der Waals surface area contributed by atoms with E-state index in [1.807, 2.05) is 12.1 Å². The number of aliphatic imine (C=N–C) groups is 2. The Labute approximate surface area is 214 Å². The molecule has 0 spiro atoms. The fourth-order valence-electron chi connectivity index (χ4n) is 2.74. The van der Waals surface area contributed by atoms with Crippen LogP contribution in [0.3, 0.4) is 0 Å². The van der Waals surface area contributed by atoms with E-state index in [2.05, 4.69) is 20.0 Å². The molecule has 2 aromatic carbocycles. The molecule has 2 aromatic heterocycles. The zero-order chi connectivity index (χ0) is 24.2. The Hall–Kier alpha value is -4.20. The number of benzene rings is 2. The molecule has 0 aliphatic heterocycles. The molecule has 4 aromatic rings. The van der Waals surface area contributed by atoms with Gasteiger partial charge in [-0.3, -0.25) is 20.0 Å². The molecule has 0 fully saturated rings. The van der Waals surface area contributed by atoms with Crippen molar-refractivity contribution in [3.8, 4) is 23.0 Å². The summed E-state index contributed by atoms with van der Waals surface area (Å²) in [5, 5.41) is 23.6. The minimum atomic E-state index is -0.164. The van der Waals surface area contributed by atoms with Crippen molar-refractivity contribution < 1.29 is 36.8 Å². The normalized spacial score (nSPS) is 10.3. The van der Waals surface area contributed by atoms with E-state index in [-0.39, 0.29) is 28.6 Å². The van der Waals surface area contributed by atoms with Crippen molar-refractivity contribution in [1.29, 1.82) is 0 Å². The van der Waals surface area contributed by atoms with Gasteiger partial charge in [0.25, 0.3) is 0 Å². The first-order valence-electron chi connectivity index (χ1n) is 10.2. The average Bonchev–Trinajstić information content (AvgIpc) is 2.89. The third-order valence-electron chi connectivity index (χ3n) is 4.46. The quantitative estimate of drug-likeness (QED) is 0.283. The van der Waals surface area contributed by atoms with Crippen molar-refractivity contribution in [2.45, 2.75) is 0 Å². The molecular formula is C26H22CuN4O4. The molecule has 0 amide bonds. The van der Waals surface area contributed by atoms with Crippen LogP contribution in [-0.2, 0) is 17.1 Å². The van der Waals surface area contributed by atoms with E-state index in [0.29, 0.717) is 34.0 Å². The van der Waals surface area contributed by atoms with Crippen LogP contribution < -0.4 is 19.7 Å². The van der Waals surface area contributed by atoms with Gasteiger partial charge in [0.1, 0.15) is 11.5 Å². The maximum absolute atomic E-state index is 11.8. The van der Waals surface area contributed by atoms with Crippen molar-refractivity contribution in [2.24, 2.45) is 9.98 Å². The molecule has 0 saturated heterocycles. The number of hydrogen-bond donors (Lipinski definition) is 0. The van der Waals surface area contributed by atoms with Crippen molar-refractivity contribution >= 4 is 23.8 Å². The smallest absolute Gasteiger partial charge is 0.870 e. The molecule has 0 saturated carbocycles. The number of aromatic nitrogens is 2. The molecule has 0 aliphatic carbocycles. The Balaban J connectivity index is 0.000000240. The standard InChI is InChI=1S/2C13H12N2O2.Cu/c2*1-17-12-6-2-4-10(13(12)16)8-15-11-5-3-7-14-9-11;/h2*2-9,16H,1H3;/q;;+2/p-2. The molecule has 0 bridgehead atoms. The molecule has 181 valence electrons. The van der Waals surface area contributed by atoms with Gasteiger partial charge >= 0.3 is 17.1 Å². The van der Waals surface area contributed by atoms with Gasteiger partial charge in [0.05, 0.1) is 38.0 Å². The van der Waals surface area contributed by atoms with E-state index in [1.165, 1.54) is 26.6 Å². The van der Waals surface area contributed by atoms with E-state index < -0.39 is 0 Å². The average molecular weight is 518 g/mol. The number of ether oxygens (including phenoxy) is 2. The molecule has 0 unspecified atom stereocenters. The number of para-hydroxylation sites is 2. The van der Waals surface area contributed by atoms with E-state index in [1.54, 1.807) is 73.3 Å². The molecule has 8 nitrogen and oxygen atoms in total. The number of pyridine rings is 2. The number of methoxy groups -OCH3 is 2. The first-order valence-corrected chi connectivity index (χ1v) is 10.2. The van der Waals surface area contributed by atoms with Crippen LogP contribution in [-0.4, -0.2) is 36.6 Å². The Kier molecular flexibility index (Phi) is 10.9. The summed E-state index contributed by atoms with van der Waals surface area (Å²) in [7, 11) is 2.94. The van der Waals surface area contributed by atoms with Crippen LogP contribution in [0, 0.1) is 0 Å².